The van der Waals surface area contributed by atoms with E-state index in [1.165, 1.54) is 6.07 Å². The Morgan fingerprint density at radius 3 is 2.75 bits per heavy atom. The molecule has 4 nitrogen and oxygen atoms in total. The first-order chi connectivity index (χ1) is 9.45. The van der Waals surface area contributed by atoms with Crippen molar-refractivity contribution in [3.63, 3.8) is 0 Å². The van der Waals surface area contributed by atoms with E-state index in [2.05, 4.69) is 26.5 Å². The van der Waals surface area contributed by atoms with E-state index in [1.54, 1.807) is 16.8 Å². The van der Waals surface area contributed by atoms with Crippen molar-refractivity contribution in [1.29, 1.82) is 0 Å². The number of hydrazine groups is 1. The number of benzene rings is 1. The van der Waals surface area contributed by atoms with Gasteiger partial charge in [0.15, 0.2) is 0 Å². The molecule has 0 saturated carbocycles. The third-order valence-electron chi connectivity index (χ3n) is 3.21. The van der Waals surface area contributed by atoms with Gasteiger partial charge in [0.1, 0.15) is 5.82 Å². The molecule has 1 heterocycles. The summed E-state index contributed by atoms with van der Waals surface area (Å²) in [5.74, 6) is 5.20. The molecule has 0 saturated heterocycles. The summed E-state index contributed by atoms with van der Waals surface area (Å²) in [4.78, 5) is 0. The lowest BCUT2D eigenvalue weighted by Gasteiger charge is -2.18. The highest BCUT2D eigenvalue weighted by Crippen LogP contribution is 2.30. The molecule has 1 aromatic heterocycles. The molecule has 0 spiro atoms. The smallest absolute Gasteiger partial charge is 0.129 e. The minimum atomic E-state index is -0.435. The van der Waals surface area contributed by atoms with Crippen LogP contribution >= 0.6 is 27.5 Å². The van der Waals surface area contributed by atoms with Gasteiger partial charge in [-0.1, -0.05) is 17.7 Å². The molecule has 108 valence electrons. The van der Waals surface area contributed by atoms with Gasteiger partial charge in [0.2, 0.25) is 0 Å². The molecule has 7 heteroatoms. The number of nitrogens with two attached hydrogens (primary N) is 1. The van der Waals surface area contributed by atoms with Gasteiger partial charge in [-0.15, -0.1) is 0 Å². The summed E-state index contributed by atoms with van der Waals surface area (Å²) in [7, 11) is 1.84. The first kappa shape index (κ1) is 15.4. The van der Waals surface area contributed by atoms with E-state index in [-0.39, 0.29) is 5.82 Å². The number of hydrogen-bond acceptors (Lipinski definition) is 3. The largest absolute Gasteiger partial charge is 0.271 e. The monoisotopic (exact) mass is 360 g/mol. The van der Waals surface area contributed by atoms with E-state index >= 15 is 0 Å². The minimum absolute atomic E-state index is 0.350. The second-order valence-corrected chi connectivity index (χ2v) is 5.73. The summed E-state index contributed by atoms with van der Waals surface area (Å²) >= 11 is 9.57. The Kier molecular flexibility index (Phi) is 4.80. The van der Waals surface area contributed by atoms with Gasteiger partial charge in [0, 0.05) is 24.1 Å². The SMILES string of the molecule is Cc1nn(C)c(CC(NN)c2c(F)cccc2Cl)c1Br. The van der Waals surface area contributed by atoms with Gasteiger partial charge in [-0.25, -0.2) is 4.39 Å². The maximum absolute atomic E-state index is 14.0. The molecule has 1 atom stereocenters. The lowest BCUT2D eigenvalue weighted by atomic mass is 10.0. The molecule has 0 aliphatic carbocycles. The summed E-state index contributed by atoms with van der Waals surface area (Å²) in [6, 6.07) is 4.15. The van der Waals surface area contributed by atoms with Crippen molar-refractivity contribution in [3.8, 4) is 0 Å². The van der Waals surface area contributed by atoms with E-state index in [0.29, 0.717) is 17.0 Å². The zero-order valence-corrected chi connectivity index (χ0v) is 13.5. The second-order valence-electron chi connectivity index (χ2n) is 4.53. The van der Waals surface area contributed by atoms with Crippen LogP contribution in [0.5, 0.6) is 0 Å². The normalized spacial score (nSPS) is 12.7. The van der Waals surface area contributed by atoms with Gasteiger partial charge in [0.25, 0.3) is 0 Å². The molecule has 2 rings (SSSR count). The van der Waals surface area contributed by atoms with Crippen LogP contribution in [0.1, 0.15) is 23.0 Å². The van der Waals surface area contributed by atoms with Gasteiger partial charge >= 0.3 is 0 Å². The third kappa shape index (κ3) is 2.88. The van der Waals surface area contributed by atoms with Crippen LogP contribution in [0.25, 0.3) is 0 Å². The van der Waals surface area contributed by atoms with Gasteiger partial charge in [-0.2, -0.15) is 5.10 Å². The van der Waals surface area contributed by atoms with Crippen LogP contribution in [0.15, 0.2) is 22.7 Å². The number of aromatic nitrogens is 2. The molecular weight excluding hydrogens is 347 g/mol. The van der Waals surface area contributed by atoms with Crippen molar-refractivity contribution < 1.29 is 4.39 Å². The summed E-state index contributed by atoms with van der Waals surface area (Å²) in [5.41, 5.74) is 4.78. The van der Waals surface area contributed by atoms with E-state index in [4.69, 9.17) is 17.4 Å². The average molecular weight is 362 g/mol. The van der Waals surface area contributed by atoms with Crippen molar-refractivity contribution in [3.05, 3.63) is 50.5 Å². The molecule has 2 aromatic rings. The fourth-order valence-corrected chi connectivity index (χ4v) is 2.98. The van der Waals surface area contributed by atoms with Gasteiger partial charge in [-0.3, -0.25) is 16.0 Å². The predicted octanol–water partition coefficient (Wildman–Crippen LogP) is 3.03. The fraction of sp³-hybridized carbons (Fsp3) is 0.308. The Hall–Kier alpha value is -0.950. The number of aryl methyl sites for hydroxylation is 2. The molecule has 0 fully saturated rings. The highest BCUT2D eigenvalue weighted by molar-refractivity contribution is 9.10. The number of hydrogen-bond donors (Lipinski definition) is 2. The zero-order chi connectivity index (χ0) is 14.9. The van der Waals surface area contributed by atoms with Crippen LogP contribution in [0.2, 0.25) is 5.02 Å². The predicted molar refractivity (Wildman–Crippen MR) is 80.8 cm³/mol. The molecule has 0 radical (unpaired) electrons. The molecule has 3 N–H and O–H groups in total. The molecule has 1 aromatic carbocycles. The Morgan fingerprint density at radius 1 is 1.55 bits per heavy atom. The summed E-state index contributed by atoms with van der Waals surface area (Å²) in [6.07, 6.45) is 0.467. The van der Waals surface area contributed by atoms with Crippen LogP contribution in [0, 0.1) is 12.7 Å². The van der Waals surface area contributed by atoms with Crippen LogP contribution in [0.4, 0.5) is 4.39 Å². The fourth-order valence-electron chi connectivity index (χ4n) is 2.18. The van der Waals surface area contributed by atoms with Crippen LogP contribution < -0.4 is 11.3 Å². The van der Waals surface area contributed by atoms with Crippen LogP contribution in [-0.2, 0) is 13.5 Å². The maximum atomic E-state index is 14.0. The average Bonchev–Trinajstić information content (AvgIpc) is 2.63. The molecular formula is C13H15BrClFN4. The molecule has 20 heavy (non-hydrogen) atoms. The standard InChI is InChI=1S/C13H15BrClFN4/c1-7-13(14)11(20(2)19-7)6-10(18-17)12-8(15)4-3-5-9(12)16/h3-5,10,18H,6,17H2,1-2H3. The number of nitrogens with one attached hydrogen (secondary N) is 1. The number of halogens is 3. The maximum Gasteiger partial charge on any atom is 0.129 e. The van der Waals surface area contributed by atoms with Crippen molar-refractivity contribution in [1.82, 2.24) is 15.2 Å². The van der Waals surface area contributed by atoms with Crippen molar-refractivity contribution in [2.24, 2.45) is 12.9 Å². The van der Waals surface area contributed by atoms with Gasteiger partial charge in [-0.05, 0) is 35.0 Å². The Balaban J connectivity index is 2.39. The Morgan fingerprint density at radius 2 is 2.25 bits per heavy atom. The molecule has 0 aliphatic rings. The van der Waals surface area contributed by atoms with Crippen LogP contribution in [0.3, 0.4) is 0 Å². The molecule has 0 amide bonds. The Bertz CT molecular complexity index is 609. The van der Waals surface area contributed by atoms with Crippen LogP contribution in [-0.4, -0.2) is 9.78 Å². The van der Waals surface area contributed by atoms with Crippen molar-refractivity contribution in [2.45, 2.75) is 19.4 Å². The minimum Gasteiger partial charge on any atom is -0.271 e. The first-order valence-electron chi connectivity index (χ1n) is 6.03. The van der Waals surface area contributed by atoms with E-state index < -0.39 is 6.04 Å². The van der Waals surface area contributed by atoms with Gasteiger partial charge < -0.3 is 0 Å². The third-order valence-corrected chi connectivity index (χ3v) is 4.57. The summed E-state index contributed by atoms with van der Waals surface area (Å²) in [6.45, 7) is 1.90. The van der Waals surface area contributed by atoms with Crippen molar-refractivity contribution >= 4 is 27.5 Å². The molecule has 0 bridgehead atoms. The zero-order valence-electron chi connectivity index (χ0n) is 11.1. The van der Waals surface area contributed by atoms with E-state index in [1.807, 2.05) is 14.0 Å². The summed E-state index contributed by atoms with van der Waals surface area (Å²) in [5, 5.41) is 4.66. The molecule has 0 aliphatic heterocycles. The quantitative estimate of drug-likeness (QED) is 0.650. The van der Waals surface area contributed by atoms with E-state index in [0.717, 1.165) is 15.9 Å². The lowest BCUT2D eigenvalue weighted by Crippen LogP contribution is -2.31. The van der Waals surface area contributed by atoms with E-state index in [9.17, 15) is 4.39 Å². The highest BCUT2D eigenvalue weighted by Gasteiger charge is 2.22. The summed E-state index contributed by atoms with van der Waals surface area (Å²) < 4.78 is 16.6. The van der Waals surface area contributed by atoms with Gasteiger partial charge in [0.05, 0.1) is 21.9 Å². The lowest BCUT2D eigenvalue weighted by molar-refractivity contribution is 0.497. The first-order valence-corrected chi connectivity index (χ1v) is 7.20. The Labute approximate surface area is 130 Å². The highest BCUT2D eigenvalue weighted by atomic mass is 79.9. The van der Waals surface area contributed by atoms with Crippen molar-refractivity contribution in [2.75, 3.05) is 0 Å². The molecule has 1 unspecified atom stereocenters. The number of nitrogens with zero attached hydrogens (tertiary/aromatic N) is 2. The topological polar surface area (TPSA) is 55.9 Å². The second kappa shape index (κ2) is 6.22. The number of rotatable bonds is 4.